The Morgan fingerprint density at radius 3 is 1.38 bits per heavy atom. The average Bonchev–Trinajstić information content (AvgIpc) is 2.52. The van der Waals surface area contributed by atoms with Crippen LogP contribution in [0.1, 0.15) is 11.1 Å². The molecule has 2 aromatic heterocycles. The number of rotatable bonds is 1. The quantitative estimate of drug-likeness (QED) is 0.445. The molecule has 21 heavy (non-hydrogen) atoms. The normalized spacial score (nSPS) is 8.00. The van der Waals surface area contributed by atoms with Gasteiger partial charge in [-0.1, -0.05) is 0 Å². The molecule has 2 rings (SSSR count). The van der Waals surface area contributed by atoms with Gasteiger partial charge >= 0.3 is 35.0 Å². The van der Waals surface area contributed by atoms with E-state index in [2.05, 4.69) is 37.4 Å². The fourth-order valence-electron chi connectivity index (χ4n) is 1.35. The maximum absolute atomic E-state index is 7.75. The van der Waals surface area contributed by atoms with E-state index in [1.807, 2.05) is 36.7 Å². The van der Waals surface area contributed by atoms with Crippen LogP contribution in [0.2, 0.25) is 0 Å². The van der Waals surface area contributed by atoms with E-state index in [0.29, 0.717) is 0 Å². The van der Waals surface area contributed by atoms with Crippen molar-refractivity contribution in [3.05, 3.63) is 47.8 Å². The summed E-state index contributed by atoms with van der Waals surface area (Å²) in [5.74, 6) is 0. The molecule has 0 spiro atoms. The Hall–Kier alpha value is -1.12. The van der Waals surface area contributed by atoms with Gasteiger partial charge in [0.2, 0.25) is 0 Å². The van der Waals surface area contributed by atoms with E-state index in [-0.39, 0.29) is 0 Å². The van der Waals surface area contributed by atoms with Crippen molar-refractivity contribution >= 4 is 32.6 Å². The topological polar surface area (TPSA) is 59.9 Å². The van der Waals surface area contributed by atoms with E-state index in [9.17, 15) is 0 Å². The van der Waals surface area contributed by atoms with Gasteiger partial charge in [0, 0.05) is 12.4 Å². The van der Waals surface area contributed by atoms with E-state index in [4.69, 9.17) is 28.6 Å². The Kier molecular flexibility index (Phi) is 16.1. The predicted octanol–water partition coefficient (Wildman–Crippen LogP) is 3.59. The summed E-state index contributed by atoms with van der Waals surface area (Å²) in [6.45, 7) is 10.6. The molecule has 0 saturated carbocycles. The average molecular weight is 499 g/mol. The molecule has 0 radical (unpaired) electrons. The van der Waals surface area contributed by atoms with Crippen molar-refractivity contribution < 1.29 is 25.5 Å². The Balaban J connectivity index is 0. The van der Waals surface area contributed by atoms with Gasteiger partial charge in [-0.3, -0.25) is 23.5 Å². The molecular weight excluding hydrogens is 485 g/mol. The van der Waals surface area contributed by atoms with E-state index in [1.54, 1.807) is 0 Å². The van der Waals surface area contributed by atoms with Crippen LogP contribution in [0.3, 0.4) is 0 Å². The number of pyridine rings is 2. The van der Waals surface area contributed by atoms with Crippen LogP contribution in [-0.4, -0.2) is 23.5 Å². The summed E-state index contributed by atoms with van der Waals surface area (Å²) in [5.41, 5.74) is 4.29. The Morgan fingerprint density at radius 1 is 0.857 bits per heavy atom. The molecule has 0 fully saturated rings. The summed E-state index contributed by atoms with van der Waals surface area (Å²) < 4.78 is 0. The van der Waals surface area contributed by atoms with Crippen LogP contribution >= 0.6 is 19.1 Å². The molecule has 7 heteroatoms. The second kappa shape index (κ2) is 15.3. The number of carbonyl (C=O) groups excluding carboxylic acids is 2. The van der Waals surface area contributed by atoms with Gasteiger partial charge in [-0.05, 0) is 49.2 Å². The first-order chi connectivity index (χ1) is 10.2. The standard InChI is InChI=1S/C12H12N2.2CHO.2ClH.Re/c1-9-3-5-13-11(7-9)12-8-10(2)4-6-14-12;2*1-2;;;/h3-8H,1-2H3;2*1H;2*1H;/q;2*-1;;;+2/p-2. The van der Waals surface area contributed by atoms with Crippen LogP contribution < -0.4 is 0 Å². The number of hydrogen-bond donors (Lipinski definition) is 0. The number of hydrogen-bond acceptors (Lipinski definition) is 4. The molecule has 0 unspecified atom stereocenters. The fraction of sp³-hybridized carbons (Fsp3) is 0.143. The molecule has 0 aliphatic carbocycles. The Labute approximate surface area is 141 Å². The number of halogens is 2. The van der Waals surface area contributed by atoms with Crippen molar-refractivity contribution in [2.24, 2.45) is 0 Å². The molecule has 0 N–H and O–H groups in total. The van der Waals surface area contributed by atoms with E-state index in [0.717, 1.165) is 11.4 Å². The van der Waals surface area contributed by atoms with Crippen LogP contribution in [0.25, 0.3) is 11.4 Å². The summed E-state index contributed by atoms with van der Waals surface area (Å²) in [5, 5.41) is 0. The second-order valence-electron chi connectivity index (χ2n) is 3.49. The first kappa shape index (κ1) is 22.2. The first-order valence-corrected chi connectivity index (χ1v) is 12.1. The van der Waals surface area contributed by atoms with Crippen molar-refractivity contribution in [2.45, 2.75) is 13.8 Å². The predicted molar refractivity (Wildman–Crippen MR) is 82.1 cm³/mol. The minimum absolute atomic E-state index is 0.722. The summed E-state index contributed by atoms with van der Waals surface area (Å²) in [4.78, 5) is 24.1. The summed E-state index contributed by atoms with van der Waals surface area (Å²) in [7, 11) is 9.83. The van der Waals surface area contributed by atoms with Gasteiger partial charge in [0.15, 0.2) is 0 Å². The minimum atomic E-state index is -0.722. The zero-order valence-corrected chi connectivity index (χ0v) is 15.7. The van der Waals surface area contributed by atoms with Gasteiger partial charge in [-0.15, -0.1) is 0 Å². The Bertz CT molecular complexity index is 470. The zero-order chi connectivity index (χ0) is 16.7. The third-order valence-electron chi connectivity index (χ3n) is 2.09. The molecule has 0 aliphatic heterocycles. The van der Waals surface area contributed by atoms with Crippen molar-refractivity contribution in [1.29, 1.82) is 0 Å². The molecule has 0 aliphatic rings. The molecule has 0 amide bonds. The van der Waals surface area contributed by atoms with Gasteiger partial charge in [0.05, 0.1) is 11.4 Å². The van der Waals surface area contributed by atoms with Crippen molar-refractivity contribution in [1.82, 2.24) is 9.97 Å². The molecule has 115 valence electrons. The van der Waals surface area contributed by atoms with Crippen molar-refractivity contribution in [3.63, 3.8) is 0 Å². The van der Waals surface area contributed by atoms with Crippen molar-refractivity contribution in [2.75, 3.05) is 0 Å². The van der Waals surface area contributed by atoms with E-state index in [1.165, 1.54) is 11.1 Å². The van der Waals surface area contributed by atoms with Gasteiger partial charge in [-0.2, -0.15) is 0 Å². The van der Waals surface area contributed by atoms with Gasteiger partial charge < -0.3 is 9.59 Å². The number of nitrogens with zero attached hydrogens (tertiary/aromatic N) is 2. The van der Waals surface area contributed by atoms with Crippen LogP contribution in [0.5, 0.6) is 0 Å². The fourth-order valence-corrected chi connectivity index (χ4v) is 1.35. The van der Waals surface area contributed by atoms with Gasteiger partial charge in [0.25, 0.3) is 0 Å². The molecule has 4 nitrogen and oxygen atoms in total. The summed E-state index contributed by atoms with van der Waals surface area (Å²) in [6.07, 6.45) is 3.63. The van der Waals surface area contributed by atoms with E-state index < -0.39 is 15.9 Å². The van der Waals surface area contributed by atoms with Crippen molar-refractivity contribution in [3.8, 4) is 11.4 Å². The third kappa shape index (κ3) is 10.3. The molecule has 0 aromatic carbocycles. The summed E-state index contributed by atoms with van der Waals surface area (Å²) in [6, 6.07) is 8.06. The van der Waals surface area contributed by atoms with Crippen LogP contribution in [0, 0.1) is 13.8 Å². The summed E-state index contributed by atoms with van der Waals surface area (Å²) >= 11 is -0.722. The van der Waals surface area contributed by atoms with E-state index >= 15 is 0 Å². The van der Waals surface area contributed by atoms with Crippen LogP contribution in [0.4, 0.5) is 0 Å². The molecule has 0 saturated heterocycles. The van der Waals surface area contributed by atoms with Gasteiger partial charge in [0.1, 0.15) is 0 Å². The number of aryl methyl sites for hydroxylation is 2. The Morgan fingerprint density at radius 2 is 1.14 bits per heavy atom. The van der Waals surface area contributed by atoms with Gasteiger partial charge in [-0.25, -0.2) is 0 Å². The number of aromatic nitrogens is 2. The molecule has 2 heterocycles. The molecular formula is C14H14Cl2N2O2Re-2. The van der Waals surface area contributed by atoms with Crippen LogP contribution in [0.15, 0.2) is 36.7 Å². The monoisotopic (exact) mass is 499 g/mol. The SMILES string of the molecule is Cc1ccnc(-c2cc(C)ccn2)c1.[CH-]=O.[CH-]=O.[Cl][Re][Cl]. The molecule has 0 atom stereocenters. The third-order valence-corrected chi connectivity index (χ3v) is 2.09. The van der Waals surface area contributed by atoms with Crippen LogP contribution in [-0.2, 0) is 25.5 Å². The maximum atomic E-state index is 7.75. The zero-order valence-electron chi connectivity index (χ0n) is 11.5. The second-order valence-corrected chi connectivity index (χ2v) is 7.41. The first-order valence-electron chi connectivity index (χ1n) is 5.37. The molecule has 0 bridgehead atoms. The molecule has 2 aromatic rings.